The van der Waals surface area contributed by atoms with E-state index in [1.807, 2.05) is 30.5 Å². The molecule has 0 aliphatic carbocycles. The van der Waals surface area contributed by atoms with Crippen molar-refractivity contribution < 1.29 is 4.74 Å². The maximum atomic E-state index is 5.18. The molecule has 6 heteroatoms. The molecule has 0 aliphatic heterocycles. The van der Waals surface area contributed by atoms with Crippen LogP contribution in [0.3, 0.4) is 0 Å². The number of ether oxygens (including phenoxy) is 1. The van der Waals surface area contributed by atoms with Crippen molar-refractivity contribution in [1.82, 2.24) is 14.9 Å². The Balaban J connectivity index is 2.36. The normalized spacial score (nSPS) is 11.1. The monoisotopic (exact) mass is 276 g/mol. The number of unbranched alkanes of at least 4 members (excludes halogenated alkanes) is 1. The summed E-state index contributed by atoms with van der Waals surface area (Å²) in [6.07, 6.45) is 3.81. The first-order chi connectivity index (χ1) is 9.26. The fraction of sp³-hybridized carbons (Fsp3) is 0.308. The fourth-order valence-electron chi connectivity index (χ4n) is 1.59. The summed E-state index contributed by atoms with van der Waals surface area (Å²) in [5, 5.41) is 11.3. The fourth-order valence-corrected chi connectivity index (χ4v) is 1.77. The zero-order valence-corrected chi connectivity index (χ0v) is 11.8. The van der Waals surface area contributed by atoms with E-state index in [0.717, 1.165) is 24.2 Å². The van der Waals surface area contributed by atoms with E-state index in [9.17, 15) is 0 Å². The molecular formula is C13H16N4OS. The second-order valence-corrected chi connectivity index (χ2v) is 4.37. The van der Waals surface area contributed by atoms with Crippen molar-refractivity contribution in [2.45, 2.75) is 19.8 Å². The van der Waals surface area contributed by atoms with Gasteiger partial charge in [-0.3, -0.25) is 0 Å². The molecule has 1 N–H and O–H groups in total. The number of nitrogens with zero attached hydrogens (tertiary/aromatic N) is 3. The van der Waals surface area contributed by atoms with Gasteiger partial charge >= 0.3 is 0 Å². The minimum Gasteiger partial charge on any atom is -0.497 e. The Bertz CT molecular complexity index is 612. The van der Waals surface area contributed by atoms with Gasteiger partial charge in [-0.2, -0.15) is 14.9 Å². The lowest BCUT2D eigenvalue weighted by Gasteiger charge is -2.02. The molecule has 19 heavy (non-hydrogen) atoms. The Morgan fingerprint density at radius 1 is 1.42 bits per heavy atom. The number of H-pyrrole nitrogens is 1. The van der Waals surface area contributed by atoms with Gasteiger partial charge in [0.05, 0.1) is 7.11 Å². The maximum absolute atomic E-state index is 5.18. The molecule has 0 saturated carbocycles. The van der Waals surface area contributed by atoms with Crippen molar-refractivity contribution in [3.8, 4) is 17.1 Å². The molecule has 0 bridgehead atoms. The summed E-state index contributed by atoms with van der Waals surface area (Å²) in [6.45, 7) is 2.10. The highest BCUT2D eigenvalue weighted by Crippen LogP contribution is 2.20. The van der Waals surface area contributed by atoms with E-state index < -0.39 is 0 Å². The number of rotatable bonds is 5. The van der Waals surface area contributed by atoms with Crippen LogP contribution < -0.4 is 4.74 Å². The second kappa shape index (κ2) is 6.29. The van der Waals surface area contributed by atoms with Crippen molar-refractivity contribution >= 4 is 18.4 Å². The molecule has 100 valence electrons. The minimum atomic E-state index is 0.484. The highest BCUT2D eigenvalue weighted by atomic mass is 32.1. The summed E-state index contributed by atoms with van der Waals surface area (Å²) < 4.78 is 7.25. The summed E-state index contributed by atoms with van der Waals surface area (Å²) in [5.41, 5.74) is 0.932. The number of nitrogens with one attached hydrogen (secondary N) is 1. The first-order valence-corrected chi connectivity index (χ1v) is 6.51. The Kier molecular flexibility index (Phi) is 4.46. The van der Waals surface area contributed by atoms with Crippen LogP contribution in [0.25, 0.3) is 11.4 Å². The van der Waals surface area contributed by atoms with Crippen LogP contribution in [0.5, 0.6) is 5.75 Å². The Hall–Kier alpha value is -1.95. The van der Waals surface area contributed by atoms with Gasteiger partial charge in [0.25, 0.3) is 0 Å². The third kappa shape index (κ3) is 3.08. The van der Waals surface area contributed by atoms with E-state index in [0.29, 0.717) is 10.6 Å². The molecule has 0 saturated heterocycles. The number of benzene rings is 1. The SMILES string of the molecule is CCCC=Nn1c(-c2ccc(OC)cc2)n[nH]c1=S. The average molecular weight is 276 g/mol. The van der Waals surface area contributed by atoms with Gasteiger partial charge in [-0.25, -0.2) is 5.10 Å². The third-order valence-corrected chi connectivity index (χ3v) is 2.88. The van der Waals surface area contributed by atoms with Crippen LogP contribution in [-0.2, 0) is 0 Å². The van der Waals surface area contributed by atoms with Crippen molar-refractivity contribution in [1.29, 1.82) is 0 Å². The average Bonchev–Trinajstić information content (AvgIpc) is 2.81. The van der Waals surface area contributed by atoms with Crippen LogP contribution >= 0.6 is 12.2 Å². The predicted octanol–water partition coefficient (Wildman–Crippen LogP) is 3.25. The van der Waals surface area contributed by atoms with Gasteiger partial charge in [0.2, 0.25) is 4.77 Å². The minimum absolute atomic E-state index is 0.484. The van der Waals surface area contributed by atoms with Gasteiger partial charge in [-0.1, -0.05) is 13.3 Å². The zero-order chi connectivity index (χ0) is 13.7. The van der Waals surface area contributed by atoms with Crippen LogP contribution in [0.15, 0.2) is 29.4 Å². The number of aromatic amines is 1. The molecule has 0 fully saturated rings. The molecule has 0 amide bonds. The number of aromatic nitrogens is 3. The molecule has 1 aromatic carbocycles. The lowest BCUT2D eigenvalue weighted by atomic mass is 10.2. The number of hydrogen-bond acceptors (Lipinski definition) is 4. The molecule has 1 heterocycles. The molecule has 0 aliphatic rings. The molecule has 2 aromatic rings. The molecule has 0 unspecified atom stereocenters. The van der Waals surface area contributed by atoms with Crippen LogP contribution in [0.2, 0.25) is 0 Å². The summed E-state index contributed by atoms with van der Waals surface area (Å²) in [4.78, 5) is 0. The van der Waals surface area contributed by atoms with Crippen LogP contribution in [0.4, 0.5) is 0 Å². The van der Waals surface area contributed by atoms with Gasteiger partial charge < -0.3 is 4.74 Å². The van der Waals surface area contributed by atoms with Gasteiger partial charge in [-0.15, -0.1) is 0 Å². The predicted molar refractivity (Wildman–Crippen MR) is 78.2 cm³/mol. The smallest absolute Gasteiger partial charge is 0.216 e. The van der Waals surface area contributed by atoms with Crippen LogP contribution in [-0.4, -0.2) is 28.2 Å². The molecule has 5 nitrogen and oxygen atoms in total. The van der Waals surface area contributed by atoms with Crippen molar-refractivity contribution in [3.05, 3.63) is 29.0 Å². The van der Waals surface area contributed by atoms with Crippen LogP contribution in [0.1, 0.15) is 19.8 Å². The van der Waals surface area contributed by atoms with Crippen molar-refractivity contribution in [3.63, 3.8) is 0 Å². The zero-order valence-electron chi connectivity index (χ0n) is 11.0. The summed E-state index contributed by atoms with van der Waals surface area (Å²) >= 11 is 5.18. The molecule has 0 atom stereocenters. The van der Waals surface area contributed by atoms with Gasteiger partial charge in [-0.05, 0) is 42.9 Å². The van der Waals surface area contributed by atoms with E-state index in [-0.39, 0.29) is 0 Å². The second-order valence-electron chi connectivity index (χ2n) is 3.98. The van der Waals surface area contributed by atoms with E-state index in [1.165, 1.54) is 0 Å². The maximum Gasteiger partial charge on any atom is 0.216 e. The Labute approximate surface area is 116 Å². The molecule has 0 spiro atoms. The quantitative estimate of drug-likeness (QED) is 0.673. The van der Waals surface area contributed by atoms with Crippen molar-refractivity contribution in [2.24, 2.45) is 5.10 Å². The van der Waals surface area contributed by atoms with Crippen molar-refractivity contribution in [2.75, 3.05) is 7.11 Å². The van der Waals surface area contributed by atoms with E-state index >= 15 is 0 Å². The lowest BCUT2D eigenvalue weighted by Crippen LogP contribution is -1.94. The molecule has 0 radical (unpaired) electrons. The summed E-state index contributed by atoms with van der Waals surface area (Å²) in [5.74, 6) is 1.50. The Morgan fingerprint density at radius 2 is 2.16 bits per heavy atom. The van der Waals surface area contributed by atoms with Gasteiger partial charge in [0.15, 0.2) is 5.82 Å². The number of methoxy groups -OCH3 is 1. The summed E-state index contributed by atoms with van der Waals surface area (Å²) in [6, 6.07) is 7.62. The largest absolute Gasteiger partial charge is 0.497 e. The van der Waals surface area contributed by atoms with Crippen LogP contribution in [0, 0.1) is 4.77 Å². The summed E-state index contributed by atoms with van der Waals surface area (Å²) in [7, 11) is 1.64. The van der Waals surface area contributed by atoms with Gasteiger partial charge in [0, 0.05) is 11.8 Å². The molecular weight excluding hydrogens is 260 g/mol. The first-order valence-electron chi connectivity index (χ1n) is 6.11. The van der Waals surface area contributed by atoms with E-state index in [4.69, 9.17) is 17.0 Å². The van der Waals surface area contributed by atoms with Gasteiger partial charge in [0.1, 0.15) is 5.75 Å². The molecule has 2 rings (SSSR count). The molecule has 1 aromatic heterocycles. The standard InChI is InChI=1S/C13H16N4OS/c1-3-4-9-14-17-12(15-16-13(17)19)10-5-7-11(18-2)8-6-10/h5-9H,3-4H2,1-2H3,(H,16,19). The third-order valence-electron chi connectivity index (χ3n) is 2.61. The Morgan fingerprint density at radius 3 is 2.79 bits per heavy atom. The highest BCUT2D eigenvalue weighted by Gasteiger charge is 2.07. The van der Waals surface area contributed by atoms with E-state index in [2.05, 4.69) is 22.2 Å². The lowest BCUT2D eigenvalue weighted by molar-refractivity contribution is 0.415. The van der Waals surface area contributed by atoms with E-state index in [1.54, 1.807) is 11.8 Å². The number of hydrogen-bond donors (Lipinski definition) is 1. The first kappa shape index (κ1) is 13.5. The topological polar surface area (TPSA) is 55.2 Å². The highest BCUT2D eigenvalue weighted by molar-refractivity contribution is 7.71.